The molecule has 0 radical (unpaired) electrons. The van der Waals surface area contributed by atoms with E-state index in [4.69, 9.17) is 4.74 Å². The van der Waals surface area contributed by atoms with Gasteiger partial charge in [0.1, 0.15) is 17.0 Å². The Kier molecular flexibility index (Phi) is 8.17. The Labute approximate surface area is 202 Å². The number of carbonyl (C=O) groups is 1. The molecule has 1 aromatic carbocycles. The van der Waals surface area contributed by atoms with Gasteiger partial charge >= 0.3 is 5.97 Å². The van der Waals surface area contributed by atoms with E-state index in [1.54, 1.807) is 42.2 Å². The van der Waals surface area contributed by atoms with Crippen molar-refractivity contribution in [2.24, 2.45) is 10.1 Å². The SMILES string of the molecule is CCCCN1CCN(/C=N/c2c(C(=O)OCC)c(S(C)(=O)=O)nn2-c2ccccc2)/C1=N/[N+](=O)[O-]. The van der Waals surface area contributed by atoms with Crippen molar-refractivity contribution in [1.82, 2.24) is 19.6 Å². The van der Waals surface area contributed by atoms with Crippen molar-refractivity contribution in [3.63, 3.8) is 0 Å². The number of esters is 1. The summed E-state index contributed by atoms with van der Waals surface area (Å²) >= 11 is 0. The molecule has 35 heavy (non-hydrogen) atoms. The molecule has 14 heteroatoms. The lowest BCUT2D eigenvalue weighted by Crippen LogP contribution is -2.34. The topological polar surface area (TPSA) is 153 Å². The zero-order valence-electron chi connectivity index (χ0n) is 19.7. The smallest absolute Gasteiger partial charge is 0.345 e. The Hall–Kier alpha value is -3.81. The third-order valence-electron chi connectivity index (χ3n) is 5.08. The molecule has 2 heterocycles. The highest BCUT2D eigenvalue weighted by Gasteiger charge is 2.32. The minimum atomic E-state index is -3.93. The number of para-hydroxylation sites is 1. The van der Waals surface area contributed by atoms with Crippen LogP contribution in [0.25, 0.3) is 5.69 Å². The summed E-state index contributed by atoms with van der Waals surface area (Å²) in [7, 11) is -3.93. The molecule has 0 N–H and O–H groups in total. The lowest BCUT2D eigenvalue weighted by atomic mass is 10.3. The Morgan fingerprint density at radius 1 is 1.26 bits per heavy atom. The maximum absolute atomic E-state index is 12.8. The van der Waals surface area contributed by atoms with Gasteiger partial charge < -0.3 is 9.64 Å². The molecule has 1 aromatic heterocycles. The molecule has 3 rings (SSSR count). The first kappa shape index (κ1) is 25.8. The fraction of sp³-hybridized carbons (Fsp3) is 0.429. The third kappa shape index (κ3) is 6.01. The van der Waals surface area contributed by atoms with Crippen LogP contribution < -0.4 is 0 Å². The van der Waals surface area contributed by atoms with Crippen molar-refractivity contribution in [3.05, 3.63) is 46.0 Å². The Balaban J connectivity index is 2.14. The van der Waals surface area contributed by atoms with Crippen molar-refractivity contribution < 1.29 is 23.0 Å². The number of aliphatic imine (C=N–C) groups is 1. The quantitative estimate of drug-likeness (QED) is 0.155. The first-order valence-electron chi connectivity index (χ1n) is 11.0. The number of ether oxygens (including phenoxy) is 1. The number of rotatable bonds is 10. The van der Waals surface area contributed by atoms with Crippen LogP contribution in [0.4, 0.5) is 5.82 Å². The van der Waals surface area contributed by atoms with E-state index in [-0.39, 0.29) is 23.9 Å². The minimum absolute atomic E-state index is 0.0138. The van der Waals surface area contributed by atoms with Gasteiger partial charge in [-0.1, -0.05) is 31.5 Å². The van der Waals surface area contributed by atoms with Crippen molar-refractivity contribution in [3.8, 4) is 5.69 Å². The van der Waals surface area contributed by atoms with E-state index in [2.05, 4.69) is 15.2 Å². The number of sulfone groups is 1. The maximum atomic E-state index is 12.8. The summed E-state index contributed by atoms with van der Waals surface area (Å²) in [6.07, 6.45) is 3.96. The molecular weight excluding hydrogens is 478 g/mol. The van der Waals surface area contributed by atoms with Crippen LogP contribution in [0.15, 0.2) is 45.5 Å². The molecule has 0 unspecified atom stereocenters. The van der Waals surface area contributed by atoms with Crippen LogP contribution in [0.5, 0.6) is 0 Å². The molecule has 1 aliphatic rings. The second kappa shape index (κ2) is 11.1. The third-order valence-corrected chi connectivity index (χ3v) is 6.07. The predicted octanol–water partition coefficient (Wildman–Crippen LogP) is 2.08. The number of benzene rings is 1. The number of hydrogen-bond acceptors (Lipinski definition) is 8. The van der Waals surface area contributed by atoms with Crippen LogP contribution in [0, 0.1) is 10.1 Å². The molecule has 1 fully saturated rings. The molecule has 0 spiro atoms. The monoisotopic (exact) mass is 505 g/mol. The van der Waals surface area contributed by atoms with Crippen LogP contribution in [-0.4, -0.2) is 83.8 Å². The summed E-state index contributed by atoms with van der Waals surface area (Å²) in [5.41, 5.74) is 0.148. The van der Waals surface area contributed by atoms with Gasteiger partial charge in [0, 0.05) is 25.9 Å². The molecule has 0 amide bonds. The molecule has 2 aromatic rings. The summed E-state index contributed by atoms with van der Waals surface area (Å²) in [5.74, 6) is -0.867. The molecule has 188 valence electrons. The molecule has 13 nitrogen and oxygen atoms in total. The lowest BCUT2D eigenvalue weighted by Gasteiger charge is -2.17. The van der Waals surface area contributed by atoms with E-state index in [9.17, 15) is 23.3 Å². The van der Waals surface area contributed by atoms with E-state index >= 15 is 0 Å². The van der Waals surface area contributed by atoms with Gasteiger partial charge in [-0.25, -0.2) is 33.0 Å². The average molecular weight is 506 g/mol. The van der Waals surface area contributed by atoms with Crippen molar-refractivity contribution in [2.45, 2.75) is 31.7 Å². The molecular formula is C21H27N7O6S. The predicted molar refractivity (Wildman–Crippen MR) is 128 cm³/mol. The number of nitrogens with zero attached hydrogens (tertiary/aromatic N) is 7. The Morgan fingerprint density at radius 2 is 1.97 bits per heavy atom. The molecule has 0 aliphatic carbocycles. The summed E-state index contributed by atoms with van der Waals surface area (Å²) in [4.78, 5) is 31.6. The number of guanidine groups is 1. The average Bonchev–Trinajstić information content (AvgIpc) is 3.38. The van der Waals surface area contributed by atoms with Crippen LogP contribution in [0.2, 0.25) is 0 Å². The molecule has 0 atom stereocenters. The van der Waals surface area contributed by atoms with E-state index in [0.717, 1.165) is 19.1 Å². The second-order valence-corrected chi connectivity index (χ2v) is 9.59. The van der Waals surface area contributed by atoms with Gasteiger partial charge in [-0.2, -0.15) is 5.10 Å². The first-order valence-corrected chi connectivity index (χ1v) is 12.9. The van der Waals surface area contributed by atoms with Crippen LogP contribution in [0.3, 0.4) is 0 Å². The van der Waals surface area contributed by atoms with Crippen LogP contribution >= 0.6 is 0 Å². The van der Waals surface area contributed by atoms with Gasteiger partial charge in [0.2, 0.25) is 0 Å². The van der Waals surface area contributed by atoms with Gasteiger partial charge in [-0.05, 0) is 25.5 Å². The standard InChI is InChI=1S/C21H27N7O6S/c1-4-6-12-25-13-14-26(21(25)24-28(30)31)15-22-18-17(20(29)34-5-2)19(35(3,32)33)23-27(18)16-10-8-7-9-11-16/h7-11,15H,4-6,12-14H2,1-3H3/b22-15+,24-21+. The summed E-state index contributed by atoms with van der Waals surface area (Å²) in [6.45, 7) is 5.07. The highest BCUT2D eigenvalue weighted by atomic mass is 32.2. The van der Waals surface area contributed by atoms with Gasteiger partial charge in [0.05, 0.1) is 12.3 Å². The van der Waals surface area contributed by atoms with Gasteiger partial charge in [-0.3, -0.25) is 4.90 Å². The molecule has 0 saturated carbocycles. The van der Waals surface area contributed by atoms with Crippen LogP contribution in [-0.2, 0) is 14.6 Å². The first-order chi connectivity index (χ1) is 16.7. The number of nitro groups is 1. The molecule has 1 aliphatic heterocycles. The van der Waals surface area contributed by atoms with Crippen molar-refractivity contribution >= 4 is 33.9 Å². The second-order valence-electron chi connectivity index (χ2n) is 7.66. The van der Waals surface area contributed by atoms with E-state index in [1.807, 2.05) is 6.92 Å². The van der Waals surface area contributed by atoms with Gasteiger partial charge in [0.25, 0.3) is 5.96 Å². The fourth-order valence-corrected chi connectivity index (χ4v) is 4.27. The number of carbonyl (C=O) groups excluding carboxylic acids is 1. The largest absolute Gasteiger partial charge is 0.462 e. The maximum Gasteiger partial charge on any atom is 0.345 e. The molecule has 0 bridgehead atoms. The lowest BCUT2D eigenvalue weighted by molar-refractivity contribution is -0.486. The number of unbranched alkanes of at least 4 members (excludes halogenated alkanes) is 1. The van der Waals surface area contributed by atoms with E-state index in [1.165, 1.54) is 15.9 Å². The zero-order chi connectivity index (χ0) is 25.6. The number of aromatic nitrogens is 2. The van der Waals surface area contributed by atoms with Gasteiger partial charge in [0.15, 0.2) is 25.7 Å². The van der Waals surface area contributed by atoms with Crippen molar-refractivity contribution in [1.29, 1.82) is 0 Å². The highest BCUT2D eigenvalue weighted by Crippen LogP contribution is 2.30. The van der Waals surface area contributed by atoms with E-state index < -0.39 is 25.9 Å². The highest BCUT2D eigenvalue weighted by molar-refractivity contribution is 7.90. The molecule has 1 saturated heterocycles. The van der Waals surface area contributed by atoms with Crippen molar-refractivity contribution in [2.75, 3.05) is 32.5 Å². The summed E-state index contributed by atoms with van der Waals surface area (Å²) in [6, 6.07) is 8.57. The van der Waals surface area contributed by atoms with E-state index in [0.29, 0.717) is 25.3 Å². The Morgan fingerprint density at radius 3 is 2.57 bits per heavy atom. The summed E-state index contributed by atoms with van der Waals surface area (Å²) < 4.78 is 31.3. The zero-order valence-corrected chi connectivity index (χ0v) is 20.5. The van der Waals surface area contributed by atoms with Gasteiger partial charge in [-0.15, -0.1) is 0 Å². The number of hydrazone groups is 1. The van der Waals surface area contributed by atoms with Crippen LogP contribution in [0.1, 0.15) is 37.0 Å². The minimum Gasteiger partial charge on any atom is -0.462 e. The number of hydrogen-bond donors (Lipinski definition) is 0. The fourth-order valence-electron chi connectivity index (χ4n) is 3.50. The Bertz CT molecular complexity index is 1240. The normalized spacial score (nSPS) is 15.3. The summed E-state index contributed by atoms with van der Waals surface area (Å²) in [5, 5.41) is 17.6.